The molecule has 7 rings (SSSR count). The van der Waals surface area contributed by atoms with Crippen molar-refractivity contribution in [1.82, 2.24) is 30.0 Å². The molecule has 12 heteroatoms. The van der Waals surface area contributed by atoms with Crippen molar-refractivity contribution in [2.75, 3.05) is 7.11 Å². The van der Waals surface area contributed by atoms with Gasteiger partial charge in [0.15, 0.2) is 6.20 Å². The van der Waals surface area contributed by atoms with Crippen LogP contribution in [0.25, 0.3) is 27.9 Å². The lowest BCUT2D eigenvalue weighted by Crippen LogP contribution is -2.35. The standard InChI is InChI=1S/C34H28ClN7O4/c1-46-28-10-6-22(7-11-28)29-14-25(29)15-33(40-18-26(17-37-40)21-2-4-23(5-3-21)34(43)44)32-12-8-24(19-42(32)45)30-16-27(35)9-13-31(30)41-20-36-38-39-41/h2-13,16-20,25,29,33H,14-15H2,1H3,(H,43,44)/t25-,29-,33?/m0/s1. The van der Waals surface area contributed by atoms with Crippen LogP contribution in [0.4, 0.5) is 0 Å². The van der Waals surface area contributed by atoms with E-state index in [2.05, 4.69) is 27.7 Å². The number of carboxylic acids is 1. The summed E-state index contributed by atoms with van der Waals surface area (Å²) in [7, 11) is 1.65. The number of carbonyl (C=O) groups is 1. The Morgan fingerprint density at radius 3 is 2.54 bits per heavy atom. The quantitative estimate of drug-likeness (QED) is 0.144. The van der Waals surface area contributed by atoms with Crippen molar-refractivity contribution < 1.29 is 19.4 Å². The number of nitrogens with zero attached hydrogens (tertiary/aromatic N) is 7. The van der Waals surface area contributed by atoms with Crippen molar-refractivity contribution in [3.8, 4) is 33.7 Å². The number of carboxylic acid groups (broad SMARTS) is 1. The van der Waals surface area contributed by atoms with Crippen LogP contribution in [0.3, 0.4) is 0 Å². The van der Waals surface area contributed by atoms with Crippen LogP contribution in [0, 0.1) is 11.1 Å². The third kappa shape index (κ3) is 5.80. The maximum absolute atomic E-state index is 13.8. The molecular weight excluding hydrogens is 606 g/mol. The Morgan fingerprint density at radius 1 is 1.07 bits per heavy atom. The molecule has 3 aromatic carbocycles. The molecule has 1 aliphatic rings. The van der Waals surface area contributed by atoms with Gasteiger partial charge in [-0.25, -0.2) is 4.79 Å². The first-order valence-corrected chi connectivity index (χ1v) is 15.0. The first-order chi connectivity index (χ1) is 22.4. The topological polar surface area (TPSA) is 135 Å². The minimum absolute atomic E-state index is 0.211. The molecule has 0 radical (unpaired) electrons. The summed E-state index contributed by atoms with van der Waals surface area (Å²) in [4.78, 5) is 11.3. The summed E-state index contributed by atoms with van der Waals surface area (Å²) in [6.07, 6.45) is 8.38. The van der Waals surface area contributed by atoms with Gasteiger partial charge in [0.05, 0.1) is 24.6 Å². The number of rotatable bonds is 10. The van der Waals surface area contributed by atoms with E-state index in [9.17, 15) is 15.1 Å². The zero-order valence-electron chi connectivity index (χ0n) is 24.6. The Kier molecular flexibility index (Phi) is 7.67. The van der Waals surface area contributed by atoms with E-state index in [1.54, 1.807) is 62.0 Å². The zero-order chi connectivity index (χ0) is 31.8. The van der Waals surface area contributed by atoms with E-state index in [1.165, 1.54) is 16.6 Å². The second-order valence-corrected chi connectivity index (χ2v) is 11.7. The maximum atomic E-state index is 13.8. The fourth-order valence-corrected chi connectivity index (χ4v) is 6.17. The van der Waals surface area contributed by atoms with Crippen LogP contribution in [0.15, 0.2) is 104 Å². The summed E-state index contributed by atoms with van der Waals surface area (Å²) in [5, 5.41) is 39.8. The highest BCUT2D eigenvalue weighted by molar-refractivity contribution is 6.31. The minimum atomic E-state index is -0.982. The van der Waals surface area contributed by atoms with Crippen molar-refractivity contribution in [3.05, 3.63) is 131 Å². The molecule has 230 valence electrons. The van der Waals surface area contributed by atoms with Crippen molar-refractivity contribution in [1.29, 1.82) is 0 Å². The van der Waals surface area contributed by atoms with Crippen molar-refractivity contribution >= 4 is 17.6 Å². The SMILES string of the molecule is COc1ccc([C@@H]2C[C@H]2CC(c2ccc(-c3cc(Cl)ccc3-n3cnnn3)c[n+]2[O-])n2cc(-c3ccc(C(=O)O)cc3)cn2)cc1. The molecule has 3 heterocycles. The molecule has 46 heavy (non-hydrogen) atoms. The number of pyridine rings is 1. The monoisotopic (exact) mass is 633 g/mol. The lowest BCUT2D eigenvalue weighted by Gasteiger charge is -2.18. The average Bonchev–Trinajstić information content (AvgIpc) is 3.40. The Balaban J connectivity index is 1.23. The Labute approximate surface area is 268 Å². The van der Waals surface area contributed by atoms with Crippen LogP contribution in [0.5, 0.6) is 5.75 Å². The fourth-order valence-electron chi connectivity index (χ4n) is 6.00. The van der Waals surface area contributed by atoms with E-state index >= 15 is 0 Å². The van der Waals surface area contributed by atoms with Crippen LogP contribution >= 0.6 is 11.6 Å². The molecule has 1 unspecified atom stereocenters. The number of halogens is 1. The van der Waals surface area contributed by atoms with Gasteiger partial charge in [-0.2, -0.15) is 14.5 Å². The highest BCUT2D eigenvalue weighted by Crippen LogP contribution is 2.52. The number of benzene rings is 3. The van der Waals surface area contributed by atoms with E-state index in [0.29, 0.717) is 45.8 Å². The summed E-state index contributed by atoms with van der Waals surface area (Å²) in [5.41, 5.74) is 5.71. The summed E-state index contributed by atoms with van der Waals surface area (Å²) in [5.74, 6) is 0.552. The van der Waals surface area contributed by atoms with Crippen LogP contribution in [-0.2, 0) is 0 Å². The van der Waals surface area contributed by atoms with E-state index in [-0.39, 0.29) is 11.6 Å². The first kappa shape index (κ1) is 29.2. The Morgan fingerprint density at radius 2 is 1.85 bits per heavy atom. The Bertz CT molecular complexity index is 2010. The van der Waals surface area contributed by atoms with E-state index < -0.39 is 5.97 Å². The molecule has 0 saturated heterocycles. The fraction of sp³-hybridized carbons (Fsp3) is 0.176. The molecule has 1 fully saturated rings. The van der Waals surface area contributed by atoms with Gasteiger partial charge >= 0.3 is 5.97 Å². The molecule has 1 saturated carbocycles. The molecule has 1 N–H and O–H groups in total. The van der Waals surface area contributed by atoms with Crippen molar-refractivity contribution in [2.24, 2.45) is 5.92 Å². The molecule has 11 nitrogen and oxygen atoms in total. The molecule has 0 spiro atoms. The summed E-state index contributed by atoms with van der Waals surface area (Å²) < 4.78 is 9.59. The number of hydrogen-bond acceptors (Lipinski definition) is 7. The molecule has 6 aromatic rings. The largest absolute Gasteiger partial charge is 0.618 e. The van der Waals surface area contributed by atoms with Gasteiger partial charge in [0, 0.05) is 34.0 Å². The highest BCUT2D eigenvalue weighted by Gasteiger charge is 2.42. The van der Waals surface area contributed by atoms with Crippen molar-refractivity contribution in [3.63, 3.8) is 0 Å². The molecular formula is C34H28ClN7O4. The van der Waals surface area contributed by atoms with Gasteiger partial charge in [-0.3, -0.25) is 4.68 Å². The molecule has 3 aromatic heterocycles. The summed E-state index contributed by atoms with van der Waals surface area (Å²) in [6.45, 7) is 0. The van der Waals surface area contributed by atoms with Crippen LogP contribution < -0.4 is 9.47 Å². The lowest BCUT2D eigenvalue weighted by molar-refractivity contribution is -0.615. The number of hydrogen-bond donors (Lipinski definition) is 1. The van der Waals surface area contributed by atoms with Gasteiger partial charge in [0.1, 0.15) is 18.1 Å². The average molecular weight is 634 g/mol. The third-order valence-corrected chi connectivity index (χ3v) is 8.76. The number of ether oxygens (including phenoxy) is 1. The van der Waals surface area contributed by atoms with Gasteiger partial charge in [-0.15, -0.1) is 5.10 Å². The summed E-state index contributed by atoms with van der Waals surface area (Å²) >= 11 is 6.36. The third-order valence-electron chi connectivity index (χ3n) is 8.53. The van der Waals surface area contributed by atoms with E-state index in [4.69, 9.17) is 21.4 Å². The summed E-state index contributed by atoms with van der Waals surface area (Å²) in [6, 6.07) is 23.5. The number of tetrazole rings is 1. The van der Waals surface area contributed by atoms with Crippen LogP contribution in [0.2, 0.25) is 5.02 Å². The molecule has 0 amide bonds. The normalized spacial score (nSPS) is 16.2. The minimum Gasteiger partial charge on any atom is -0.618 e. The second-order valence-electron chi connectivity index (χ2n) is 11.3. The van der Waals surface area contributed by atoms with Crippen molar-refractivity contribution in [2.45, 2.75) is 24.8 Å². The van der Waals surface area contributed by atoms with Gasteiger partial charge < -0.3 is 15.1 Å². The number of aromatic nitrogens is 7. The van der Waals surface area contributed by atoms with Crippen LogP contribution in [-0.4, -0.2) is 48.2 Å². The lowest BCUT2D eigenvalue weighted by atomic mass is 10.00. The second kappa shape index (κ2) is 12.1. The maximum Gasteiger partial charge on any atom is 0.335 e. The predicted octanol–water partition coefficient (Wildman–Crippen LogP) is 5.97. The Hall–Kier alpha value is -5.55. The zero-order valence-corrected chi connectivity index (χ0v) is 25.4. The molecule has 0 bridgehead atoms. The molecule has 3 atom stereocenters. The van der Waals surface area contributed by atoms with Crippen LogP contribution in [0.1, 0.15) is 46.4 Å². The first-order valence-electron chi connectivity index (χ1n) is 14.7. The highest BCUT2D eigenvalue weighted by atomic mass is 35.5. The number of methoxy groups -OCH3 is 1. The molecule has 1 aliphatic carbocycles. The van der Waals surface area contributed by atoms with E-state index in [1.807, 2.05) is 35.1 Å². The van der Waals surface area contributed by atoms with Gasteiger partial charge in [0.2, 0.25) is 5.69 Å². The van der Waals surface area contributed by atoms with E-state index in [0.717, 1.165) is 28.0 Å². The van der Waals surface area contributed by atoms with Gasteiger partial charge in [0.25, 0.3) is 0 Å². The molecule has 0 aliphatic heterocycles. The number of aromatic carboxylic acids is 1. The smallest absolute Gasteiger partial charge is 0.335 e. The predicted molar refractivity (Wildman–Crippen MR) is 170 cm³/mol. The van der Waals surface area contributed by atoms with Gasteiger partial charge in [-0.1, -0.05) is 35.9 Å². The van der Waals surface area contributed by atoms with Gasteiger partial charge in [-0.05, 0) is 94.8 Å².